The van der Waals surface area contributed by atoms with Crippen molar-refractivity contribution in [1.82, 2.24) is 10.3 Å². The van der Waals surface area contributed by atoms with Gasteiger partial charge in [0.1, 0.15) is 6.04 Å². The fourth-order valence-corrected chi connectivity index (χ4v) is 1.39. The Balaban J connectivity index is 2.61. The van der Waals surface area contributed by atoms with Gasteiger partial charge >= 0.3 is 5.97 Å². The van der Waals surface area contributed by atoms with E-state index in [1.165, 1.54) is 31.6 Å². The Morgan fingerprint density at radius 1 is 1.37 bits per heavy atom. The van der Waals surface area contributed by atoms with E-state index in [1.54, 1.807) is 0 Å². The molecule has 0 spiro atoms. The highest BCUT2D eigenvalue weighted by molar-refractivity contribution is 5.97. The number of nitrogens with two attached hydrogens (primary N) is 1. The van der Waals surface area contributed by atoms with E-state index in [4.69, 9.17) is 5.73 Å². The molecule has 0 saturated heterocycles. The predicted molar refractivity (Wildman–Crippen MR) is 65.9 cm³/mol. The lowest BCUT2D eigenvalue weighted by molar-refractivity contribution is -0.140. The van der Waals surface area contributed by atoms with E-state index in [0.717, 1.165) is 0 Å². The van der Waals surface area contributed by atoms with E-state index < -0.39 is 23.8 Å². The van der Waals surface area contributed by atoms with Crippen LogP contribution in [0.2, 0.25) is 0 Å². The molecule has 1 heterocycles. The number of methoxy groups -OCH3 is 1. The Morgan fingerprint density at radius 3 is 2.53 bits per heavy atom. The molecule has 0 unspecified atom stereocenters. The lowest BCUT2D eigenvalue weighted by Gasteiger charge is -2.14. The first kappa shape index (κ1) is 14.6. The van der Waals surface area contributed by atoms with Crippen molar-refractivity contribution in [3.8, 4) is 0 Å². The topological polar surface area (TPSA) is 111 Å². The van der Waals surface area contributed by atoms with Gasteiger partial charge in [-0.2, -0.15) is 0 Å². The number of ether oxygens (including phenoxy) is 1. The van der Waals surface area contributed by atoms with Crippen molar-refractivity contribution < 1.29 is 19.1 Å². The molecule has 0 aliphatic rings. The van der Waals surface area contributed by atoms with Crippen LogP contribution < -0.4 is 11.1 Å². The van der Waals surface area contributed by atoms with Gasteiger partial charge in [-0.25, -0.2) is 0 Å². The Hall–Kier alpha value is -2.44. The summed E-state index contributed by atoms with van der Waals surface area (Å²) in [6.45, 7) is 0. The molecule has 1 rings (SSSR count). The second-order valence-corrected chi connectivity index (χ2v) is 3.78. The van der Waals surface area contributed by atoms with Gasteiger partial charge < -0.3 is 15.8 Å². The molecule has 7 heteroatoms. The highest BCUT2D eigenvalue weighted by Gasteiger charge is 2.20. The quantitative estimate of drug-likeness (QED) is 0.681. The molecule has 1 atom stereocenters. The number of nitrogens with zero attached hydrogens (tertiary/aromatic N) is 1. The number of hydrogen-bond donors (Lipinski definition) is 2. The van der Waals surface area contributed by atoms with Gasteiger partial charge in [-0.15, -0.1) is 0 Å². The molecule has 0 bridgehead atoms. The number of nitrogens with one attached hydrogen (secondary N) is 1. The zero-order valence-electron chi connectivity index (χ0n) is 10.5. The third-order valence-electron chi connectivity index (χ3n) is 2.46. The molecule has 0 aromatic carbocycles. The number of carbonyl (C=O) groups excluding carboxylic acids is 3. The first-order valence-electron chi connectivity index (χ1n) is 5.61. The van der Waals surface area contributed by atoms with E-state index in [1.807, 2.05) is 0 Å². The van der Waals surface area contributed by atoms with E-state index in [9.17, 15) is 14.4 Å². The normalized spacial score (nSPS) is 11.4. The SMILES string of the molecule is COC(=O)CC[C@@H](NC(=O)c1ccncc1)C(N)=O. The van der Waals surface area contributed by atoms with E-state index in [-0.39, 0.29) is 12.8 Å². The molecule has 0 saturated carbocycles. The molecular formula is C12H15N3O4. The van der Waals surface area contributed by atoms with E-state index in [0.29, 0.717) is 5.56 Å². The van der Waals surface area contributed by atoms with Crippen LogP contribution in [0.4, 0.5) is 0 Å². The average Bonchev–Trinajstić information content (AvgIpc) is 2.43. The van der Waals surface area contributed by atoms with Crippen LogP contribution in [-0.2, 0) is 14.3 Å². The monoisotopic (exact) mass is 265 g/mol. The second kappa shape index (κ2) is 7.10. The predicted octanol–water partition coefficient (Wildman–Crippen LogP) is -0.381. The maximum absolute atomic E-state index is 11.8. The fourth-order valence-electron chi connectivity index (χ4n) is 1.39. The molecule has 0 aliphatic carbocycles. The second-order valence-electron chi connectivity index (χ2n) is 3.78. The summed E-state index contributed by atoms with van der Waals surface area (Å²) in [5, 5.41) is 2.46. The number of rotatable bonds is 6. The number of carbonyl (C=O) groups is 3. The zero-order valence-corrected chi connectivity index (χ0v) is 10.5. The number of hydrogen-bond acceptors (Lipinski definition) is 5. The van der Waals surface area contributed by atoms with Crippen molar-refractivity contribution in [2.45, 2.75) is 18.9 Å². The van der Waals surface area contributed by atoms with Crippen molar-refractivity contribution in [2.75, 3.05) is 7.11 Å². The molecular weight excluding hydrogens is 250 g/mol. The Kier molecular flexibility index (Phi) is 5.46. The maximum Gasteiger partial charge on any atom is 0.305 e. The molecule has 3 N–H and O–H groups in total. The minimum atomic E-state index is -0.917. The number of amides is 2. The van der Waals surface area contributed by atoms with Crippen LogP contribution in [0.15, 0.2) is 24.5 Å². The summed E-state index contributed by atoms with van der Waals surface area (Å²) in [6, 6.07) is 2.10. The summed E-state index contributed by atoms with van der Waals surface area (Å²) in [7, 11) is 1.25. The third kappa shape index (κ3) is 4.74. The highest BCUT2D eigenvalue weighted by Crippen LogP contribution is 2.02. The Labute approximate surface area is 110 Å². The van der Waals surface area contributed by atoms with Gasteiger partial charge in [-0.3, -0.25) is 19.4 Å². The van der Waals surface area contributed by atoms with E-state index in [2.05, 4.69) is 15.0 Å². The standard InChI is InChI=1S/C12H15N3O4/c1-19-10(16)3-2-9(11(13)17)15-12(18)8-4-6-14-7-5-8/h4-7,9H,2-3H2,1H3,(H2,13,17)(H,15,18)/t9-/m1/s1. The number of pyridine rings is 1. The number of primary amides is 1. The summed E-state index contributed by atoms with van der Waals surface area (Å²) in [6.07, 6.45) is 3.02. The van der Waals surface area contributed by atoms with Crippen molar-refractivity contribution in [3.63, 3.8) is 0 Å². The lowest BCUT2D eigenvalue weighted by Crippen LogP contribution is -2.44. The molecule has 0 fully saturated rings. The molecule has 0 aliphatic heterocycles. The first-order chi connectivity index (χ1) is 9.04. The molecule has 102 valence electrons. The smallest absolute Gasteiger partial charge is 0.305 e. The molecule has 1 aromatic heterocycles. The van der Waals surface area contributed by atoms with Crippen LogP contribution in [0.25, 0.3) is 0 Å². The average molecular weight is 265 g/mol. The summed E-state index contributed by atoms with van der Waals surface area (Å²) >= 11 is 0. The highest BCUT2D eigenvalue weighted by atomic mass is 16.5. The minimum absolute atomic E-state index is 0.000726. The zero-order chi connectivity index (χ0) is 14.3. The van der Waals surface area contributed by atoms with Crippen LogP contribution in [-0.4, -0.2) is 35.9 Å². The summed E-state index contributed by atoms with van der Waals surface area (Å²) in [5.74, 6) is -1.62. The van der Waals surface area contributed by atoms with E-state index >= 15 is 0 Å². The van der Waals surface area contributed by atoms with Crippen molar-refractivity contribution in [2.24, 2.45) is 5.73 Å². The van der Waals surface area contributed by atoms with Crippen LogP contribution >= 0.6 is 0 Å². The lowest BCUT2D eigenvalue weighted by atomic mass is 10.1. The van der Waals surface area contributed by atoms with Crippen LogP contribution in [0.5, 0.6) is 0 Å². The summed E-state index contributed by atoms with van der Waals surface area (Å²) in [5.41, 5.74) is 5.53. The van der Waals surface area contributed by atoms with Gasteiger partial charge in [0.05, 0.1) is 7.11 Å². The van der Waals surface area contributed by atoms with Gasteiger partial charge in [0.25, 0.3) is 5.91 Å². The molecule has 2 amide bonds. The molecule has 19 heavy (non-hydrogen) atoms. The summed E-state index contributed by atoms with van der Waals surface area (Å²) in [4.78, 5) is 37.8. The first-order valence-corrected chi connectivity index (χ1v) is 5.61. The number of aromatic nitrogens is 1. The van der Waals surface area contributed by atoms with Crippen molar-refractivity contribution in [1.29, 1.82) is 0 Å². The van der Waals surface area contributed by atoms with Crippen LogP contribution in [0.3, 0.4) is 0 Å². The van der Waals surface area contributed by atoms with Crippen molar-refractivity contribution in [3.05, 3.63) is 30.1 Å². The van der Waals surface area contributed by atoms with Crippen LogP contribution in [0.1, 0.15) is 23.2 Å². The third-order valence-corrected chi connectivity index (χ3v) is 2.46. The van der Waals surface area contributed by atoms with Gasteiger partial charge in [-0.1, -0.05) is 0 Å². The van der Waals surface area contributed by atoms with Gasteiger partial charge in [0.2, 0.25) is 5.91 Å². The Morgan fingerprint density at radius 2 is 2.00 bits per heavy atom. The van der Waals surface area contributed by atoms with Crippen LogP contribution in [0, 0.1) is 0 Å². The van der Waals surface area contributed by atoms with Crippen molar-refractivity contribution >= 4 is 17.8 Å². The molecule has 0 radical (unpaired) electrons. The number of esters is 1. The summed E-state index contributed by atoms with van der Waals surface area (Å²) < 4.78 is 4.46. The minimum Gasteiger partial charge on any atom is -0.469 e. The molecule has 1 aromatic rings. The Bertz CT molecular complexity index is 461. The van der Waals surface area contributed by atoms with Gasteiger partial charge in [-0.05, 0) is 18.6 Å². The van der Waals surface area contributed by atoms with Gasteiger partial charge in [0.15, 0.2) is 0 Å². The van der Waals surface area contributed by atoms with Gasteiger partial charge in [0, 0.05) is 24.4 Å². The molecule has 7 nitrogen and oxygen atoms in total. The largest absolute Gasteiger partial charge is 0.469 e. The maximum atomic E-state index is 11.8. The fraction of sp³-hybridized carbons (Fsp3) is 0.333.